The van der Waals surface area contributed by atoms with Crippen LogP contribution in [0.4, 0.5) is 0 Å². The SMILES string of the molecule is CC1CC(O)C2(O)NNC(C)C12. The summed E-state index contributed by atoms with van der Waals surface area (Å²) < 4.78 is 0. The van der Waals surface area contributed by atoms with E-state index in [-0.39, 0.29) is 12.0 Å². The summed E-state index contributed by atoms with van der Waals surface area (Å²) in [5.74, 6) is 0.481. The van der Waals surface area contributed by atoms with E-state index < -0.39 is 11.8 Å². The van der Waals surface area contributed by atoms with E-state index in [1.165, 1.54) is 0 Å². The van der Waals surface area contributed by atoms with Crippen LogP contribution in [0, 0.1) is 11.8 Å². The lowest BCUT2D eigenvalue weighted by Crippen LogP contribution is -2.52. The maximum atomic E-state index is 10.0. The van der Waals surface area contributed by atoms with Gasteiger partial charge in [-0.05, 0) is 19.3 Å². The van der Waals surface area contributed by atoms with Crippen LogP contribution in [-0.4, -0.2) is 28.1 Å². The Bertz CT molecular complexity index is 199. The van der Waals surface area contributed by atoms with Gasteiger partial charge in [0.15, 0.2) is 5.72 Å². The van der Waals surface area contributed by atoms with Gasteiger partial charge >= 0.3 is 0 Å². The van der Waals surface area contributed by atoms with E-state index in [0.717, 1.165) is 0 Å². The third kappa shape index (κ3) is 0.864. The van der Waals surface area contributed by atoms with Gasteiger partial charge in [0.25, 0.3) is 0 Å². The molecule has 2 aliphatic rings. The smallest absolute Gasteiger partial charge is 0.158 e. The van der Waals surface area contributed by atoms with E-state index in [9.17, 15) is 10.2 Å². The Morgan fingerprint density at radius 2 is 2.08 bits per heavy atom. The van der Waals surface area contributed by atoms with Crippen LogP contribution in [0.2, 0.25) is 0 Å². The van der Waals surface area contributed by atoms with Crippen LogP contribution >= 0.6 is 0 Å². The molecule has 4 heteroatoms. The van der Waals surface area contributed by atoms with Crippen molar-refractivity contribution in [3.05, 3.63) is 0 Å². The van der Waals surface area contributed by atoms with Crippen molar-refractivity contribution in [2.24, 2.45) is 11.8 Å². The number of nitrogens with one attached hydrogen (secondary N) is 2. The molecule has 12 heavy (non-hydrogen) atoms. The number of aliphatic hydroxyl groups is 2. The molecule has 2 fully saturated rings. The van der Waals surface area contributed by atoms with Crippen LogP contribution in [-0.2, 0) is 0 Å². The first-order chi connectivity index (χ1) is 5.55. The lowest BCUT2D eigenvalue weighted by Gasteiger charge is -2.26. The minimum absolute atomic E-state index is 0.118. The second-order valence-electron chi connectivity index (χ2n) is 4.14. The van der Waals surface area contributed by atoms with Crippen LogP contribution in [0.3, 0.4) is 0 Å². The molecule has 5 unspecified atom stereocenters. The van der Waals surface area contributed by atoms with Gasteiger partial charge in [0, 0.05) is 12.0 Å². The predicted octanol–water partition coefficient (Wildman–Crippen LogP) is -0.812. The van der Waals surface area contributed by atoms with Gasteiger partial charge in [0.1, 0.15) is 0 Å². The number of fused-ring (bicyclic) bond motifs is 1. The zero-order valence-electron chi connectivity index (χ0n) is 7.41. The van der Waals surface area contributed by atoms with Gasteiger partial charge in [-0.1, -0.05) is 6.92 Å². The highest BCUT2D eigenvalue weighted by molar-refractivity contribution is 5.06. The highest BCUT2D eigenvalue weighted by atomic mass is 16.4. The molecule has 1 aliphatic heterocycles. The molecule has 4 nitrogen and oxygen atoms in total. The zero-order chi connectivity index (χ0) is 8.93. The van der Waals surface area contributed by atoms with Crippen molar-refractivity contribution in [3.8, 4) is 0 Å². The van der Waals surface area contributed by atoms with Gasteiger partial charge in [-0.15, -0.1) is 0 Å². The first-order valence-corrected chi connectivity index (χ1v) is 4.49. The average molecular weight is 172 g/mol. The summed E-state index contributed by atoms with van der Waals surface area (Å²) in [5.41, 5.74) is 4.64. The van der Waals surface area contributed by atoms with Gasteiger partial charge in [-0.3, -0.25) is 5.43 Å². The fourth-order valence-corrected chi connectivity index (χ4v) is 2.69. The molecule has 1 saturated carbocycles. The first kappa shape index (κ1) is 8.44. The number of hydrogen-bond donors (Lipinski definition) is 4. The Balaban J connectivity index is 2.28. The minimum atomic E-state index is -1.10. The average Bonchev–Trinajstić information content (AvgIpc) is 2.38. The Morgan fingerprint density at radius 1 is 1.42 bits per heavy atom. The third-order valence-corrected chi connectivity index (χ3v) is 3.26. The van der Waals surface area contributed by atoms with Gasteiger partial charge in [0.05, 0.1) is 6.10 Å². The van der Waals surface area contributed by atoms with Crippen LogP contribution < -0.4 is 10.9 Å². The van der Waals surface area contributed by atoms with E-state index in [0.29, 0.717) is 12.3 Å². The maximum Gasteiger partial charge on any atom is 0.158 e. The van der Waals surface area contributed by atoms with Crippen molar-refractivity contribution in [3.63, 3.8) is 0 Å². The molecule has 4 N–H and O–H groups in total. The molecule has 2 rings (SSSR count). The summed E-state index contributed by atoms with van der Waals surface area (Å²) in [6.07, 6.45) is 0.0372. The van der Waals surface area contributed by atoms with Crippen LogP contribution in [0.25, 0.3) is 0 Å². The summed E-state index contributed by atoms with van der Waals surface area (Å²) in [6.45, 7) is 4.08. The Labute approximate surface area is 71.9 Å². The van der Waals surface area contributed by atoms with Gasteiger partial charge < -0.3 is 10.2 Å². The molecule has 0 bridgehead atoms. The maximum absolute atomic E-state index is 10.0. The zero-order valence-corrected chi connectivity index (χ0v) is 7.41. The van der Waals surface area contributed by atoms with E-state index in [1.807, 2.05) is 6.92 Å². The van der Waals surface area contributed by atoms with Crippen molar-refractivity contribution in [2.75, 3.05) is 0 Å². The Hall–Kier alpha value is -0.160. The van der Waals surface area contributed by atoms with E-state index in [1.54, 1.807) is 0 Å². The van der Waals surface area contributed by atoms with E-state index in [4.69, 9.17) is 0 Å². The van der Waals surface area contributed by atoms with Crippen LogP contribution in [0.5, 0.6) is 0 Å². The first-order valence-electron chi connectivity index (χ1n) is 4.49. The quantitative estimate of drug-likeness (QED) is 0.386. The third-order valence-electron chi connectivity index (χ3n) is 3.26. The summed E-state index contributed by atoms with van der Waals surface area (Å²) >= 11 is 0. The minimum Gasteiger partial charge on any atom is -0.389 e. The van der Waals surface area contributed by atoms with Crippen molar-refractivity contribution < 1.29 is 10.2 Å². The van der Waals surface area contributed by atoms with E-state index in [2.05, 4.69) is 17.8 Å². The lowest BCUT2D eigenvalue weighted by molar-refractivity contribution is -0.0891. The Morgan fingerprint density at radius 3 is 2.67 bits per heavy atom. The Kier molecular flexibility index (Phi) is 1.70. The number of aliphatic hydroxyl groups excluding tert-OH is 1. The van der Waals surface area contributed by atoms with Crippen LogP contribution in [0.1, 0.15) is 20.3 Å². The lowest BCUT2D eigenvalue weighted by atomic mass is 9.88. The number of hydrazine groups is 1. The number of hydrogen-bond acceptors (Lipinski definition) is 4. The molecule has 70 valence electrons. The molecule has 0 amide bonds. The molecule has 1 saturated heterocycles. The fourth-order valence-electron chi connectivity index (χ4n) is 2.69. The second-order valence-corrected chi connectivity index (χ2v) is 4.14. The standard InChI is InChI=1S/C8H16N2O2/c1-4-3-6(11)8(12)7(4)5(2)9-10-8/h4-7,9-12H,3H2,1-2H3. The van der Waals surface area contributed by atoms with Crippen molar-refractivity contribution in [1.29, 1.82) is 0 Å². The fraction of sp³-hybridized carbons (Fsp3) is 1.00. The summed E-state index contributed by atoms with van der Waals surface area (Å²) in [6, 6.07) is 0.224. The summed E-state index contributed by atoms with van der Waals surface area (Å²) in [4.78, 5) is 0. The molecular weight excluding hydrogens is 156 g/mol. The molecule has 0 radical (unpaired) electrons. The predicted molar refractivity (Wildman–Crippen MR) is 44.0 cm³/mol. The highest BCUT2D eigenvalue weighted by Gasteiger charge is 2.57. The molecule has 0 aromatic rings. The number of rotatable bonds is 0. The van der Waals surface area contributed by atoms with Crippen molar-refractivity contribution in [1.82, 2.24) is 10.9 Å². The molecule has 1 heterocycles. The van der Waals surface area contributed by atoms with Crippen molar-refractivity contribution >= 4 is 0 Å². The van der Waals surface area contributed by atoms with Crippen molar-refractivity contribution in [2.45, 2.75) is 38.1 Å². The monoisotopic (exact) mass is 172 g/mol. The molecule has 1 aliphatic carbocycles. The molecular formula is C8H16N2O2. The topological polar surface area (TPSA) is 64.5 Å². The molecule has 0 aromatic heterocycles. The molecule has 0 aromatic carbocycles. The summed E-state index contributed by atoms with van der Waals surface area (Å²) in [7, 11) is 0. The van der Waals surface area contributed by atoms with Gasteiger partial charge in [0.2, 0.25) is 0 Å². The summed E-state index contributed by atoms with van der Waals surface area (Å²) in [5, 5.41) is 19.6. The second kappa shape index (κ2) is 2.42. The van der Waals surface area contributed by atoms with Gasteiger partial charge in [-0.25, -0.2) is 5.43 Å². The van der Waals surface area contributed by atoms with Crippen LogP contribution in [0.15, 0.2) is 0 Å². The molecule has 0 spiro atoms. The molecule has 5 atom stereocenters. The highest BCUT2D eigenvalue weighted by Crippen LogP contribution is 2.42. The van der Waals surface area contributed by atoms with E-state index >= 15 is 0 Å². The van der Waals surface area contributed by atoms with Gasteiger partial charge in [-0.2, -0.15) is 0 Å². The largest absolute Gasteiger partial charge is 0.389 e. The normalized spacial score (nSPS) is 59.0.